The molecule has 1 heteroatoms. The average Bonchev–Trinajstić information content (AvgIpc) is 2.39. The molecule has 0 aromatic heterocycles. The van der Waals surface area contributed by atoms with Crippen molar-refractivity contribution in [3.63, 3.8) is 0 Å². The normalized spacial score (nSPS) is 10.9. The van der Waals surface area contributed by atoms with Gasteiger partial charge in [0.05, 0.1) is 0 Å². The van der Waals surface area contributed by atoms with E-state index in [4.69, 9.17) is 4.74 Å². The molecule has 0 spiro atoms. The van der Waals surface area contributed by atoms with Gasteiger partial charge in [0.15, 0.2) is 0 Å². The van der Waals surface area contributed by atoms with Crippen LogP contribution in [0.2, 0.25) is 0 Å². The molecule has 0 atom stereocenters. The summed E-state index contributed by atoms with van der Waals surface area (Å²) in [7, 11) is 0. The summed E-state index contributed by atoms with van der Waals surface area (Å²) in [4.78, 5) is 0. The van der Waals surface area contributed by atoms with Crippen LogP contribution in [0.5, 0.6) is 5.75 Å². The molecule has 0 saturated heterocycles. The zero-order chi connectivity index (χ0) is 14.7. The third-order valence-electron chi connectivity index (χ3n) is 3.90. The van der Waals surface area contributed by atoms with Gasteiger partial charge in [-0.25, -0.2) is 0 Å². The molecule has 0 N–H and O–H groups in total. The minimum Gasteiger partial charge on any atom is -0.489 e. The van der Waals surface area contributed by atoms with Gasteiger partial charge >= 0.3 is 0 Å². The Hall–Kier alpha value is -1.76. The molecule has 2 aromatic rings. The Labute approximate surface area is 122 Å². The highest BCUT2D eigenvalue weighted by Crippen LogP contribution is 2.26. The fourth-order valence-corrected chi connectivity index (χ4v) is 2.36. The first-order chi connectivity index (χ1) is 9.49. The Kier molecular flexibility index (Phi) is 4.49. The van der Waals surface area contributed by atoms with Crippen molar-refractivity contribution in [3.8, 4) is 5.75 Å². The molecule has 0 aliphatic rings. The summed E-state index contributed by atoms with van der Waals surface area (Å²) in [5.74, 6) is 1.53. The minimum absolute atomic E-state index is 0.526. The number of benzene rings is 2. The fourth-order valence-electron chi connectivity index (χ4n) is 2.36. The van der Waals surface area contributed by atoms with Gasteiger partial charge in [-0.15, -0.1) is 0 Å². The van der Waals surface area contributed by atoms with Crippen LogP contribution in [0.25, 0.3) is 0 Å². The zero-order valence-corrected chi connectivity index (χ0v) is 13.2. The Morgan fingerprint density at radius 3 is 2.15 bits per heavy atom. The van der Waals surface area contributed by atoms with Gasteiger partial charge < -0.3 is 4.74 Å². The van der Waals surface area contributed by atoms with E-state index in [0.717, 1.165) is 5.75 Å². The number of rotatable bonds is 4. The van der Waals surface area contributed by atoms with Crippen LogP contribution in [-0.2, 0) is 6.61 Å². The third kappa shape index (κ3) is 3.22. The molecule has 0 amide bonds. The van der Waals surface area contributed by atoms with Crippen LogP contribution in [0.4, 0.5) is 0 Å². The van der Waals surface area contributed by atoms with Crippen LogP contribution in [0.1, 0.15) is 47.6 Å². The van der Waals surface area contributed by atoms with E-state index in [1.54, 1.807) is 0 Å². The van der Waals surface area contributed by atoms with E-state index in [0.29, 0.717) is 12.5 Å². The topological polar surface area (TPSA) is 9.23 Å². The maximum absolute atomic E-state index is 6.08. The molecular formula is C19H24O. The number of aryl methyl sites for hydroxylation is 3. The van der Waals surface area contributed by atoms with E-state index in [1.165, 1.54) is 27.8 Å². The average molecular weight is 268 g/mol. The first kappa shape index (κ1) is 14.6. The van der Waals surface area contributed by atoms with Gasteiger partial charge in [-0.2, -0.15) is 0 Å². The van der Waals surface area contributed by atoms with Crippen LogP contribution >= 0.6 is 0 Å². The molecule has 0 heterocycles. The Morgan fingerprint density at radius 2 is 1.55 bits per heavy atom. The molecular weight excluding hydrogens is 244 g/mol. The molecule has 0 aliphatic heterocycles. The highest BCUT2D eigenvalue weighted by molar-refractivity contribution is 5.39. The van der Waals surface area contributed by atoms with E-state index in [2.05, 4.69) is 71.0 Å². The molecule has 20 heavy (non-hydrogen) atoms. The van der Waals surface area contributed by atoms with Crippen LogP contribution in [0.3, 0.4) is 0 Å². The lowest BCUT2D eigenvalue weighted by Crippen LogP contribution is -2.02. The first-order valence-corrected chi connectivity index (χ1v) is 7.27. The predicted molar refractivity (Wildman–Crippen MR) is 85.5 cm³/mol. The van der Waals surface area contributed by atoms with E-state index in [9.17, 15) is 0 Å². The van der Waals surface area contributed by atoms with Crippen molar-refractivity contribution in [3.05, 3.63) is 64.2 Å². The highest BCUT2D eigenvalue weighted by Gasteiger charge is 2.07. The van der Waals surface area contributed by atoms with Crippen molar-refractivity contribution in [2.75, 3.05) is 0 Å². The SMILES string of the molecule is Cc1ccc(C(C)C)cc1OCc1c(C)cccc1C. The summed E-state index contributed by atoms with van der Waals surface area (Å²) < 4.78 is 6.08. The lowest BCUT2D eigenvalue weighted by atomic mass is 10.0. The third-order valence-corrected chi connectivity index (χ3v) is 3.90. The monoisotopic (exact) mass is 268 g/mol. The molecule has 0 radical (unpaired) electrons. The molecule has 1 nitrogen and oxygen atoms in total. The molecule has 2 rings (SSSR count). The van der Waals surface area contributed by atoms with Crippen LogP contribution in [-0.4, -0.2) is 0 Å². The van der Waals surface area contributed by atoms with Crippen LogP contribution < -0.4 is 4.74 Å². The van der Waals surface area contributed by atoms with Crippen molar-refractivity contribution < 1.29 is 4.74 Å². The standard InChI is InChI=1S/C19H24O/c1-13(2)17-10-9-16(5)19(11-17)20-12-18-14(3)7-6-8-15(18)4/h6-11,13H,12H2,1-5H3. The van der Waals surface area contributed by atoms with E-state index < -0.39 is 0 Å². The van der Waals surface area contributed by atoms with Gasteiger partial charge in [0.25, 0.3) is 0 Å². The number of hydrogen-bond acceptors (Lipinski definition) is 1. The molecule has 2 aromatic carbocycles. The summed E-state index contributed by atoms with van der Waals surface area (Å²) in [6.45, 7) is 11.4. The van der Waals surface area contributed by atoms with E-state index in [-0.39, 0.29) is 0 Å². The fraction of sp³-hybridized carbons (Fsp3) is 0.368. The molecule has 0 saturated carbocycles. The Morgan fingerprint density at radius 1 is 0.900 bits per heavy atom. The summed E-state index contributed by atoms with van der Waals surface area (Å²) >= 11 is 0. The van der Waals surface area contributed by atoms with Gasteiger partial charge in [0, 0.05) is 0 Å². The first-order valence-electron chi connectivity index (χ1n) is 7.27. The molecule has 106 valence electrons. The van der Waals surface area contributed by atoms with Crippen molar-refractivity contribution in [2.24, 2.45) is 0 Å². The van der Waals surface area contributed by atoms with Gasteiger partial charge in [0.1, 0.15) is 12.4 Å². The summed E-state index contributed by atoms with van der Waals surface area (Å²) in [5, 5.41) is 0. The lowest BCUT2D eigenvalue weighted by Gasteiger charge is -2.15. The van der Waals surface area contributed by atoms with E-state index >= 15 is 0 Å². The van der Waals surface area contributed by atoms with Crippen molar-refractivity contribution in [1.29, 1.82) is 0 Å². The summed E-state index contributed by atoms with van der Waals surface area (Å²) in [5.41, 5.74) is 6.40. The second-order valence-corrected chi connectivity index (χ2v) is 5.84. The smallest absolute Gasteiger partial charge is 0.123 e. The maximum Gasteiger partial charge on any atom is 0.123 e. The predicted octanol–water partition coefficient (Wildman–Crippen LogP) is 5.31. The Balaban J connectivity index is 2.20. The quantitative estimate of drug-likeness (QED) is 0.729. The van der Waals surface area contributed by atoms with Gasteiger partial charge in [-0.05, 0) is 60.6 Å². The highest BCUT2D eigenvalue weighted by atomic mass is 16.5. The second kappa shape index (κ2) is 6.13. The van der Waals surface area contributed by atoms with Gasteiger partial charge in [-0.3, -0.25) is 0 Å². The van der Waals surface area contributed by atoms with E-state index in [1.807, 2.05) is 0 Å². The van der Waals surface area contributed by atoms with Crippen LogP contribution in [0, 0.1) is 20.8 Å². The number of ether oxygens (including phenoxy) is 1. The van der Waals surface area contributed by atoms with Crippen molar-refractivity contribution in [1.82, 2.24) is 0 Å². The Bertz CT molecular complexity index is 576. The second-order valence-electron chi connectivity index (χ2n) is 5.84. The van der Waals surface area contributed by atoms with Crippen molar-refractivity contribution in [2.45, 2.75) is 47.1 Å². The molecule has 0 bridgehead atoms. The minimum atomic E-state index is 0.526. The molecule has 0 unspecified atom stereocenters. The van der Waals surface area contributed by atoms with Crippen LogP contribution in [0.15, 0.2) is 36.4 Å². The molecule has 0 fully saturated rings. The summed E-state index contributed by atoms with van der Waals surface area (Å²) in [6, 6.07) is 12.9. The van der Waals surface area contributed by atoms with Crippen molar-refractivity contribution >= 4 is 0 Å². The van der Waals surface area contributed by atoms with Gasteiger partial charge in [0.2, 0.25) is 0 Å². The summed E-state index contributed by atoms with van der Waals surface area (Å²) in [6.07, 6.45) is 0. The lowest BCUT2D eigenvalue weighted by molar-refractivity contribution is 0.302. The zero-order valence-electron chi connectivity index (χ0n) is 13.2. The number of hydrogen-bond donors (Lipinski definition) is 0. The van der Waals surface area contributed by atoms with Gasteiger partial charge in [-0.1, -0.05) is 44.2 Å². The molecule has 0 aliphatic carbocycles. The largest absolute Gasteiger partial charge is 0.489 e. The maximum atomic E-state index is 6.08.